The van der Waals surface area contributed by atoms with E-state index >= 15 is 0 Å². The van der Waals surface area contributed by atoms with Crippen molar-refractivity contribution >= 4 is 5.97 Å². The fraction of sp³-hybridized carbons (Fsp3) is 0.600. The first-order valence-electron chi connectivity index (χ1n) is 7.08. The van der Waals surface area contributed by atoms with Gasteiger partial charge in [-0.3, -0.25) is 14.7 Å². The highest BCUT2D eigenvalue weighted by Crippen LogP contribution is 2.35. The maximum absolute atomic E-state index is 13.5. The van der Waals surface area contributed by atoms with Crippen LogP contribution in [0.4, 0.5) is 4.39 Å². The van der Waals surface area contributed by atoms with Crippen molar-refractivity contribution in [1.29, 1.82) is 0 Å². The van der Waals surface area contributed by atoms with Crippen LogP contribution in [0.15, 0.2) is 18.5 Å². The smallest absolute Gasteiger partial charge is 0.308 e. The van der Waals surface area contributed by atoms with Crippen LogP contribution in [0.1, 0.15) is 38.7 Å². The van der Waals surface area contributed by atoms with E-state index in [1.165, 1.54) is 12.3 Å². The van der Waals surface area contributed by atoms with Gasteiger partial charge in [0.25, 0.3) is 0 Å². The second kappa shape index (κ2) is 6.31. The van der Waals surface area contributed by atoms with Crippen LogP contribution < -0.4 is 0 Å². The van der Waals surface area contributed by atoms with E-state index in [1.54, 1.807) is 13.1 Å². The van der Waals surface area contributed by atoms with Gasteiger partial charge in [0.2, 0.25) is 0 Å². The second-order valence-electron chi connectivity index (χ2n) is 5.34. The number of halogens is 1. The lowest BCUT2D eigenvalue weighted by Gasteiger charge is -2.38. The molecule has 1 aliphatic rings. The van der Waals surface area contributed by atoms with E-state index in [9.17, 15) is 9.18 Å². The average molecular weight is 280 g/mol. The summed E-state index contributed by atoms with van der Waals surface area (Å²) in [7, 11) is 0. The zero-order valence-electron chi connectivity index (χ0n) is 12.1. The molecule has 1 aromatic heterocycles. The topological polar surface area (TPSA) is 42.4 Å². The highest BCUT2D eigenvalue weighted by molar-refractivity contribution is 5.71. The standard InChI is InChI=1S/C15H21FN2O2/c1-3-20-14(19)9-15(2,18-6-4-5-7-18)12-8-13(16)11-17-10-12/h8,10-11H,3-7,9H2,1-2H3. The fourth-order valence-corrected chi connectivity index (χ4v) is 2.81. The van der Waals surface area contributed by atoms with Gasteiger partial charge in [-0.25, -0.2) is 4.39 Å². The van der Waals surface area contributed by atoms with Gasteiger partial charge in [0.15, 0.2) is 0 Å². The number of hydrogen-bond acceptors (Lipinski definition) is 4. The van der Waals surface area contributed by atoms with Crippen LogP contribution >= 0.6 is 0 Å². The van der Waals surface area contributed by atoms with Crippen LogP contribution in [0.3, 0.4) is 0 Å². The maximum atomic E-state index is 13.5. The molecule has 1 aromatic rings. The summed E-state index contributed by atoms with van der Waals surface area (Å²) in [6.07, 6.45) is 5.23. The summed E-state index contributed by atoms with van der Waals surface area (Å²) in [5, 5.41) is 0. The minimum atomic E-state index is -0.558. The van der Waals surface area contributed by atoms with Crippen LogP contribution in [-0.2, 0) is 15.1 Å². The van der Waals surface area contributed by atoms with Crippen molar-refractivity contribution in [2.24, 2.45) is 0 Å². The van der Waals surface area contributed by atoms with E-state index in [2.05, 4.69) is 9.88 Å². The molecule has 0 radical (unpaired) electrons. The van der Waals surface area contributed by atoms with Gasteiger partial charge in [0.05, 0.1) is 24.8 Å². The number of ether oxygens (including phenoxy) is 1. The quantitative estimate of drug-likeness (QED) is 0.777. The molecule has 0 spiro atoms. The monoisotopic (exact) mass is 280 g/mol. The molecule has 1 fully saturated rings. The minimum Gasteiger partial charge on any atom is -0.466 e. The molecule has 0 bridgehead atoms. The second-order valence-corrected chi connectivity index (χ2v) is 5.34. The Morgan fingerprint density at radius 3 is 2.75 bits per heavy atom. The van der Waals surface area contributed by atoms with Gasteiger partial charge in [0, 0.05) is 6.20 Å². The van der Waals surface area contributed by atoms with Gasteiger partial charge in [-0.05, 0) is 51.4 Å². The summed E-state index contributed by atoms with van der Waals surface area (Å²) >= 11 is 0. The van der Waals surface area contributed by atoms with Crippen molar-refractivity contribution in [3.8, 4) is 0 Å². The van der Waals surface area contributed by atoms with Crippen LogP contribution in [0.2, 0.25) is 0 Å². The molecule has 2 rings (SSSR count). The molecule has 0 amide bonds. The first kappa shape index (κ1) is 14.9. The molecule has 1 aliphatic heterocycles. The summed E-state index contributed by atoms with van der Waals surface area (Å²) in [6, 6.07) is 1.46. The lowest BCUT2D eigenvalue weighted by molar-refractivity contribution is -0.146. The van der Waals surface area contributed by atoms with E-state index in [0.717, 1.165) is 31.5 Å². The summed E-state index contributed by atoms with van der Waals surface area (Å²) < 4.78 is 18.5. The van der Waals surface area contributed by atoms with Gasteiger partial charge in [-0.15, -0.1) is 0 Å². The zero-order chi connectivity index (χ0) is 14.6. The van der Waals surface area contributed by atoms with Gasteiger partial charge in [-0.2, -0.15) is 0 Å². The largest absolute Gasteiger partial charge is 0.466 e. The Bertz CT molecular complexity index is 475. The van der Waals surface area contributed by atoms with Gasteiger partial charge < -0.3 is 4.74 Å². The molecule has 2 heterocycles. The molecule has 20 heavy (non-hydrogen) atoms. The average Bonchev–Trinajstić information content (AvgIpc) is 2.93. The Hall–Kier alpha value is -1.49. The predicted molar refractivity (Wildman–Crippen MR) is 73.6 cm³/mol. The van der Waals surface area contributed by atoms with Crippen molar-refractivity contribution < 1.29 is 13.9 Å². The minimum absolute atomic E-state index is 0.214. The number of likely N-dealkylation sites (tertiary alicyclic amines) is 1. The van der Waals surface area contributed by atoms with E-state index in [1.807, 2.05) is 6.92 Å². The maximum Gasteiger partial charge on any atom is 0.308 e. The number of esters is 1. The normalized spacial score (nSPS) is 18.8. The summed E-state index contributed by atoms with van der Waals surface area (Å²) in [6.45, 7) is 5.93. The molecule has 1 atom stereocenters. The molecule has 5 heteroatoms. The number of hydrogen-bond donors (Lipinski definition) is 0. The molecular formula is C15H21FN2O2. The van der Waals surface area contributed by atoms with E-state index in [-0.39, 0.29) is 18.2 Å². The molecule has 0 aromatic carbocycles. The van der Waals surface area contributed by atoms with Crippen molar-refractivity contribution in [3.05, 3.63) is 29.8 Å². The molecule has 0 aliphatic carbocycles. The van der Waals surface area contributed by atoms with Gasteiger partial charge in [0.1, 0.15) is 5.82 Å². The Kier molecular flexibility index (Phi) is 4.70. The highest BCUT2D eigenvalue weighted by Gasteiger charge is 2.38. The van der Waals surface area contributed by atoms with Crippen LogP contribution in [0.5, 0.6) is 0 Å². The molecule has 1 unspecified atom stereocenters. The SMILES string of the molecule is CCOC(=O)CC(C)(c1cncc(F)c1)N1CCCC1. The third-order valence-electron chi connectivity index (χ3n) is 3.92. The first-order chi connectivity index (χ1) is 9.56. The van der Waals surface area contributed by atoms with Crippen molar-refractivity contribution in [1.82, 2.24) is 9.88 Å². The van der Waals surface area contributed by atoms with Crippen molar-refractivity contribution in [3.63, 3.8) is 0 Å². The third kappa shape index (κ3) is 3.15. The van der Waals surface area contributed by atoms with Crippen LogP contribution in [0, 0.1) is 5.82 Å². The number of nitrogens with zero attached hydrogens (tertiary/aromatic N) is 2. The molecule has 0 N–H and O–H groups in total. The lowest BCUT2D eigenvalue weighted by Crippen LogP contribution is -2.44. The molecular weight excluding hydrogens is 259 g/mol. The lowest BCUT2D eigenvalue weighted by atomic mass is 9.88. The number of carbonyl (C=O) groups is 1. The molecule has 110 valence electrons. The molecule has 4 nitrogen and oxygen atoms in total. The Labute approximate surface area is 118 Å². The van der Waals surface area contributed by atoms with Crippen LogP contribution in [0.25, 0.3) is 0 Å². The van der Waals surface area contributed by atoms with Crippen molar-refractivity contribution in [2.45, 2.75) is 38.6 Å². The van der Waals surface area contributed by atoms with E-state index < -0.39 is 5.54 Å². The third-order valence-corrected chi connectivity index (χ3v) is 3.92. The predicted octanol–water partition coefficient (Wildman–Crippen LogP) is 2.48. The van der Waals surface area contributed by atoms with Gasteiger partial charge in [-0.1, -0.05) is 0 Å². The van der Waals surface area contributed by atoms with E-state index in [4.69, 9.17) is 4.74 Å². The molecule has 1 saturated heterocycles. The summed E-state index contributed by atoms with van der Waals surface area (Å²) in [4.78, 5) is 18.1. The first-order valence-corrected chi connectivity index (χ1v) is 7.08. The fourth-order valence-electron chi connectivity index (χ4n) is 2.81. The Morgan fingerprint density at radius 2 is 2.15 bits per heavy atom. The van der Waals surface area contributed by atoms with Gasteiger partial charge >= 0.3 is 5.97 Å². The van der Waals surface area contributed by atoms with E-state index in [0.29, 0.717) is 6.61 Å². The number of carbonyl (C=O) groups excluding carboxylic acids is 1. The Morgan fingerprint density at radius 1 is 1.45 bits per heavy atom. The number of aromatic nitrogens is 1. The number of rotatable bonds is 5. The summed E-state index contributed by atoms with van der Waals surface area (Å²) in [5.41, 5.74) is 0.171. The number of pyridine rings is 1. The molecule has 0 saturated carbocycles. The summed E-state index contributed by atoms with van der Waals surface area (Å²) in [5.74, 6) is -0.636. The highest BCUT2D eigenvalue weighted by atomic mass is 19.1. The zero-order valence-corrected chi connectivity index (χ0v) is 12.1. The van der Waals surface area contributed by atoms with Crippen molar-refractivity contribution in [2.75, 3.05) is 19.7 Å². The van der Waals surface area contributed by atoms with Crippen LogP contribution in [-0.4, -0.2) is 35.5 Å². The Balaban J connectivity index is 2.30.